The van der Waals surface area contributed by atoms with Gasteiger partial charge in [0, 0.05) is 24.0 Å². The molecule has 38 heavy (non-hydrogen) atoms. The molecule has 0 saturated carbocycles. The van der Waals surface area contributed by atoms with Crippen LogP contribution >= 0.6 is 0 Å². The Morgan fingerprint density at radius 3 is 2.37 bits per heavy atom. The zero-order valence-corrected chi connectivity index (χ0v) is 20.2. The molecule has 192 valence electrons. The lowest BCUT2D eigenvalue weighted by molar-refractivity contribution is -0.274. The summed E-state index contributed by atoms with van der Waals surface area (Å²) in [7, 11) is 0. The van der Waals surface area contributed by atoms with Crippen LogP contribution in [0.15, 0.2) is 73.1 Å². The Morgan fingerprint density at radius 2 is 1.71 bits per heavy atom. The molecule has 0 saturated heterocycles. The van der Waals surface area contributed by atoms with E-state index in [2.05, 4.69) is 15.8 Å². The number of alkyl halides is 3. The highest BCUT2D eigenvalue weighted by Crippen LogP contribution is 2.41. The average molecular weight is 519 g/mol. The van der Waals surface area contributed by atoms with Crippen molar-refractivity contribution in [3.05, 3.63) is 95.4 Å². The monoisotopic (exact) mass is 519 g/mol. The van der Waals surface area contributed by atoms with E-state index >= 15 is 0 Å². The molecule has 1 aliphatic rings. The normalized spacial score (nSPS) is 14.9. The first kappa shape index (κ1) is 24.9. The summed E-state index contributed by atoms with van der Waals surface area (Å²) in [4.78, 5) is 17.5. The maximum absolute atomic E-state index is 13.2. The number of carbonyl (C=O) groups is 1. The zero-order chi connectivity index (χ0) is 27.1. The number of hydrogen-bond acceptors (Lipinski definition) is 6. The third-order valence-corrected chi connectivity index (χ3v) is 5.88. The zero-order valence-electron chi connectivity index (χ0n) is 20.2. The van der Waals surface area contributed by atoms with Crippen molar-refractivity contribution >= 4 is 22.8 Å². The number of ketones is 1. The Morgan fingerprint density at radius 1 is 1.03 bits per heavy atom. The summed E-state index contributed by atoms with van der Waals surface area (Å²) in [5.74, 6) is 0.431. The van der Waals surface area contributed by atoms with Crippen molar-refractivity contribution in [1.82, 2.24) is 9.38 Å². The second-order valence-corrected chi connectivity index (χ2v) is 9.06. The Balaban J connectivity index is 1.34. The van der Waals surface area contributed by atoms with Gasteiger partial charge in [0.05, 0.1) is 22.9 Å². The first-order valence-electron chi connectivity index (χ1n) is 11.5. The van der Waals surface area contributed by atoms with Crippen molar-refractivity contribution in [2.75, 3.05) is 0 Å². The minimum absolute atomic E-state index is 0.0742. The molecule has 0 unspecified atom stereocenters. The van der Waals surface area contributed by atoms with Gasteiger partial charge in [0.2, 0.25) is 5.78 Å². The van der Waals surface area contributed by atoms with E-state index in [0.717, 1.165) is 0 Å². The number of ether oxygens (including phenoxy) is 3. The summed E-state index contributed by atoms with van der Waals surface area (Å²) in [5, 5.41) is 9.07. The maximum Gasteiger partial charge on any atom is 0.573 e. The van der Waals surface area contributed by atoms with Gasteiger partial charge in [-0.25, -0.2) is 4.98 Å². The van der Waals surface area contributed by atoms with Gasteiger partial charge in [0.1, 0.15) is 29.5 Å². The van der Waals surface area contributed by atoms with Crippen LogP contribution in [-0.2, 0) is 16.1 Å². The van der Waals surface area contributed by atoms with Gasteiger partial charge in [-0.15, -0.1) is 13.2 Å². The van der Waals surface area contributed by atoms with Crippen molar-refractivity contribution in [1.29, 1.82) is 5.26 Å². The number of hydrogen-bond donors (Lipinski definition) is 0. The average Bonchev–Trinajstić information content (AvgIpc) is 3.39. The van der Waals surface area contributed by atoms with E-state index in [0.29, 0.717) is 39.5 Å². The van der Waals surface area contributed by atoms with Crippen LogP contribution in [-0.4, -0.2) is 27.1 Å². The number of aromatic nitrogens is 2. The summed E-state index contributed by atoms with van der Waals surface area (Å²) in [6.45, 7) is 3.48. The molecule has 0 radical (unpaired) electrons. The summed E-state index contributed by atoms with van der Waals surface area (Å²) >= 11 is 0. The molecule has 3 heterocycles. The SMILES string of the molecule is CC1(C)OC(c2ccc(C#N)cc2)=C(c2ccc(OCc3cn4ccc(OC(F)(F)F)cc4n3)cc2)C1=O. The van der Waals surface area contributed by atoms with Gasteiger partial charge >= 0.3 is 6.36 Å². The molecule has 0 atom stereocenters. The smallest absolute Gasteiger partial charge is 0.487 e. The quantitative estimate of drug-likeness (QED) is 0.314. The minimum atomic E-state index is -4.78. The first-order chi connectivity index (χ1) is 18.0. The van der Waals surface area contributed by atoms with Crippen molar-refractivity contribution in [2.45, 2.75) is 32.4 Å². The molecular weight excluding hydrogens is 499 g/mol. The number of imidazole rings is 1. The molecule has 10 heteroatoms. The highest BCUT2D eigenvalue weighted by atomic mass is 19.4. The summed E-state index contributed by atoms with van der Waals surface area (Å²) < 4.78 is 54.7. The fraction of sp³-hybridized carbons (Fsp3) is 0.179. The number of nitriles is 1. The van der Waals surface area contributed by atoms with Crippen LogP contribution in [0.4, 0.5) is 13.2 Å². The van der Waals surface area contributed by atoms with Gasteiger partial charge in [0.25, 0.3) is 0 Å². The lowest BCUT2D eigenvalue weighted by Crippen LogP contribution is -2.29. The molecule has 0 amide bonds. The Bertz CT molecular complexity index is 1600. The van der Waals surface area contributed by atoms with Crippen molar-refractivity contribution in [3.63, 3.8) is 0 Å². The van der Waals surface area contributed by atoms with E-state index in [1.807, 2.05) is 0 Å². The summed E-state index contributed by atoms with van der Waals surface area (Å²) in [6, 6.07) is 18.2. The Labute approximate surface area is 215 Å². The van der Waals surface area contributed by atoms with Gasteiger partial charge in [-0.1, -0.05) is 12.1 Å². The van der Waals surface area contributed by atoms with Gasteiger partial charge in [0.15, 0.2) is 5.60 Å². The maximum atomic E-state index is 13.2. The van der Waals surface area contributed by atoms with Gasteiger partial charge in [-0.05, 0) is 61.9 Å². The molecule has 0 N–H and O–H groups in total. The fourth-order valence-electron chi connectivity index (χ4n) is 4.08. The van der Waals surface area contributed by atoms with E-state index in [-0.39, 0.29) is 23.8 Å². The van der Waals surface area contributed by atoms with E-state index in [4.69, 9.17) is 14.7 Å². The van der Waals surface area contributed by atoms with Crippen LogP contribution in [0.5, 0.6) is 11.5 Å². The van der Waals surface area contributed by atoms with Crippen LogP contribution < -0.4 is 9.47 Å². The number of pyridine rings is 1. The molecule has 5 rings (SSSR count). The third-order valence-electron chi connectivity index (χ3n) is 5.88. The van der Waals surface area contributed by atoms with Crippen molar-refractivity contribution < 1.29 is 32.2 Å². The molecule has 2 aromatic heterocycles. The Hall–Kier alpha value is -4.78. The summed E-state index contributed by atoms with van der Waals surface area (Å²) in [5.41, 5.74) is 2.02. The second kappa shape index (κ2) is 9.27. The van der Waals surface area contributed by atoms with E-state index in [1.54, 1.807) is 73.0 Å². The van der Waals surface area contributed by atoms with Gasteiger partial charge in [-0.2, -0.15) is 5.26 Å². The van der Waals surface area contributed by atoms with Crippen LogP contribution in [0.3, 0.4) is 0 Å². The highest BCUT2D eigenvalue weighted by molar-refractivity contribution is 6.32. The van der Waals surface area contributed by atoms with Crippen molar-refractivity contribution in [2.24, 2.45) is 0 Å². The standard InChI is InChI=1S/C28H20F3N3O4/c1-27(2)26(35)24(25(38-27)19-5-3-17(14-32)4-6-19)18-7-9-21(10-8-18)36-16-20-15-34-12-11-22(13-23(34)33-20)37-28(29,30)31/h3-13,15H,16H2,1-2H3. The van der Waals surface area contributed by atoms with Gasteiger partial charge in [-0.3, -0.25) is 4.79 Å². The highest BCUT2D eigenvalue weighted by Gasteiger charge is 2.42. The fourth-order valence-corrected chi connectivity index (χ4v) is 4.08. The van der Waals surface area contributed by atoms with Crippen molar-refractivity contribution in [3.8, 4) is 17.6 Å². The van der Waals surface area contributed by atoms with Crippen LogP contribution in [0.25, 0.3) is 17.0 Å². The van der Waals surface area contributed by atoms with Gasteiger partial charge < -0.3 is 18.6 Å². The number of Topliss-reactive ketones (excluding diaryl/α,β-unsaturated/α-hetero) is 1. The predicted octanol–water partition coefficient (Wildman–Crippen LogP) is 5.93. The number of carbonyl (C=O) groups excluding carboxylic acids is 1. The molecular formula is C28H20F3N3O4. The first-order valence-corrected chi connectivity index (χ1v) is 11.5. The van der Waals surface area contributed by atoms with Crippen LogP contribution in [0.2, 0.25) is 0 Å². The second-order valence-electron chi connectivity index (χ2n) is 9.06. The molecule has 7 nitrogen and oxygen atoms in total. The molecule has 0 bridgehead atoms. The lowest BCUT2D eigenvalue weighted by atomic mass is 9.92. The van der Waals surface area contributed by atoms with E-state index in [9.17, 15) is 18.0 Å². The Kier molecular flexibility index (Phi) is 6.07. The van der Waals surface area contributed by atoms with Crippen LogP contribution in [0.1, 0.15) is 36.2 Å². The predicted molar refractivity (Wildman–Crippen MR) is 131 cm³/mol. The number of benzene rings is 2. The van der Waals surface area contributed by atoms with E-state index < -0.39 is 12.0 Å². The number of fused-ring (bicyclic) bond motifs is 1. The molecule has 0 aliphatic carbocycles. The minimum Gasteiger partial charge on any atom is -0.487 e. The van der Waals surface area contributed by atoms with E-state index in [1.165, 1.54) is 18.3 Å². The topological polar surface area (TPSA) is 85.8 Å². The molecule has 0 fully saturated rings. The number of rotatable bonds is 6. The molecule has 2 aromatic carbocycles. The molecule has 4 aromatic rings. The number of nitrogens with zero attached hydrogens (tertiary/aromatic N) is 3. The molecule has 1 aliphatic heterocycles. The third kappa shape index (κ3) is 5.04. The van der Waals surface area contributed by atoms with Crippen LogP contribution in [0, 0.1) is 11.3 Å². The number of halogens is 3. The lowest BCUT2D eigenvalue weighted by Gasteiger charge is -2.17. The molecule has 0 spiro atoms. The largest absolute Gasteiger partial charge is 0.573 e. The summed E-state index contributed by atoms with van der Waals surface area (Å²) in [6.07, 6.45) is -1.72.